The summed E-state index contributed by atoms with van der Waals surface area (Å²) in [5, 5.41) is 12.0. The number of aliphatic hydroxyl groups is 1. The summed E-state index contributed by atoms with van der Waals surface area (Å²) < 4.78 is 5.69. The summed E-state index contributed by atoms with van der Waals surface area (Å²) in [6.07, 6.45) is 0.0422. The molecule has 0 spiro atoms. The van der Waals surface area contributed by atoms with Gasteiger partial charge in [0.2, 0.25) is 5.91 Å². The lowest BCUT2D eigenvalue weighted by Gasteiger charge is -2.18. The normalized spacial score (nSPS) is 30.3. The molecule has 0 aliphatic carbocycles. The van der Waals surface area contributed by atoms with E-state index in [1.54, 1.807) is 6.07 Å². The number of benzene rings is 1. The Kier molecular flexibility index (Phi) is 4.22. The first-order valence-electron chi connectivity index (χ1n) is 6.69. The Morgan fingerprint density at radius 1 is 1.32 bits per heavy atom. The molecule has 1 aliphatic heterocycles. The van der Waals surface area contributed by atoms with Gasteiger partial charge in [0.1, 0.15) is 0 Å². The number of aliphatic hydroxyl groups excluding tert-OH is 1. The first-order valence-corrected chi connectivity index (χ1v) is 6.69. The van der Waals surface area contributed by atoms with E-state index in [0.717, 1.165) is 11.3 Å². The number of ether oxygens (including phenoxy) is 1. The van der Waals surface area contributed by atoms with Crippen LogP contribution in [-0.4, -0.2) is 23.2 Å². The van der Waals surface area contributed by atoms with E-state index >= 15 is 0 Å². The van der Waals surface area contributed by atoms with Gasteiger partial charge in [0.05, 0.1) is 24.7 Å². The standard InChI is InChI=1S/C15H21NO3/c1-9-10(2)19-11(3)14(9)15(18)16-13-6-4-5-12(7-13)8-17/h4-7,9-11,14,17H,8H2,1-3H3,(H,16,18). The third kappa shape index (κ3) is 2.96. The van der Waals surface area contributed by atoms with Gasteiger partial charge >= 0.3 is 0 Å². The van der Waals surface area contributed by atoms with Crippen molar-refractivity contribution in [3.05, 3.63) is 29.8 Å². The Balaban J connectivity index is 2.08. The van der Waals surface area contributed by atoms with Crippen molar-refractivity contribution in [2.75, 3.05) is 5.32 Å². The predicted octanol–water partition coefficient (Wildman–Crippen LogP) is 2.18. The molecule has 0 saturated carbocycles. The second-order valence-electron chi connectivity index (χ2n) is 5.28. The number of nitrogens with one attached hydrogen (secondary N) is 1. The first kappa shape index (κ1) is 14.0. The Morgan fingerprint density at radius 3 is 2.63 bits per heavy atom. The van der Waals surface area contributed by atoms with E-state index in [0.29, 0.717) is 0 Å². The maximum absolute atomic E-state index is 12.3. The lowest BCUT2D eigenvalue weighted by Crippen LogP contribution is -2.32. The van der Waals surface area contributed by atoms with E-state index in [2.05, 4.69) is 5.32 Å². The first-order chi connectivity index (χ1) is 9.02. The maximum Gasteiger partial charge on any atom is 0.230 e. The van der Waals surface area contributed by atoms with Crippen LogP contribution in [0.5, 0.6) is 0 Å². The highest BCUT2D eigenvalue weighted by Gasteiger charge is 2.41. The van der Waals surface area contributed by atoms with Crippen molar-refractivity contribution >= 4 is 11.6 Å². The molecule has 4 heteroatoms. The highest BCUT2D eigenvalue weighted by molar-refractivity contribution is 5.93. The van der Waals surface area contributed by atoms with Crippen molar-refractivity contribution in [3.63, 3.8) is 0 Å². The average molecular weight is 263 g/mol. The average Bonchev–Trinajstić information content (AvgIpc) is 2.63. The molecule has 0 aromatic heterocycles. The molecule has 4 nitrogen and oxygen atoms in total. The van der Waals surface area contributed by atoms with Crippen molar-refractivity contribution < 1.29 is 14.6 Å². The van der Waals surface area contributed by atoms with Crippen molar-refractivity contribution in [2.45, 2.75) is 39.6 Å². The number of rotatable bonds is 3. The zero-order valence-electron chi connectivity index (χ0n) is 11.6. The summed E-state index contributed by atoms with van der Waals surface area (Å²) in [5.41, 5.74) is 1.51. The summed E-state index contributed by atoms with van der Waals surface area (Å²) in [5.74, 6) is 0.0586. The molecule has 1 amide bonds. The zero-order chi connectivity index (χ0) is 14.0. The molecule has 19 heavy (non-hydrogen) atoms. The van der Waals surface area contributed by atoms with Gasteiger partial charge in [-0.05, 0) is 37.5 Å². The minimum absolute atomic E-state index is 0.0144. The molecule has 2 rings (SSSR count). The molecule has 1 fully saturated rings. The van der Waals surface area contributed by atoms with Gasteiger partial charge in [-0.25, -0.2) is 0 Å². The number of carbonyl (C=O) groups excluding carboxylic acids is 1. The monoisotopic (exact) mass is 263 g/mol. The van der Waals surface area contributed by atoms with Crippen LogP contribution in [0.2, 0.25) is 0 Å². The smallest absolute Gasteiger partial charge is 0.230 e. The fourth-order valence-electron chi connectivity index (χ4n) is 2.69. The molecule has 104 valence electrons. The van der Waals surface area contributed by atoms with E-state index in [9.17, 15) is 4.79 Å². The van der Waals surface area contributed by atoms with Crippen LogP contribution in [-0.2, 0) is 16.1 Å². The number of hydrogen-bond acceptors (Lipinski definition) is 3. The van der Waals surface area contributed by atoms with Crippen LogP contribution < -0.4 is 5.32 Å². The number of hydrogen-bond donors (Lipinski definition) is 2. The molecule has 1 aromatic carbocycles. The summed E-state index contributed by atoms with van der Waals surface area (Å²) >= 11 is 0. The fraction of sp³-hybridized carbons (Fsp3) is 0.533. The van der Waals surface area contributed by atoms with Crippen LogP contribution in [0.25, 0.3) is 0 Å². The van der Waals surface area contributed by atoms with Gasteiger partial charge in [-0.3, -0.25) is 4.79 Å². The molecule has 4 unspecified atom stereocenters. The largest absolute Gasteiger partial charge is 0.392 e. The maximum atomic E-state index is 12.3. The lowest BCUT2D eigenvalue weighted by molar-refractivity contribution is -0.121. The van der Waals surface area contributed by atoms with Gasteiger partial charge in [0, 0.05) is 5.69 Å². The molecule has 1 aromatic rings. The molecular formula is C15H21NO3. The molecule has 2 N–H and O–H groups in total. The second kappa shape index (κ2) is 5.72. The predicted molar refractivity (Wildman–Crippen MR) is 73.7 cm³/mol. The van der Waals surface area contributed by atoms with E-state index < -0.39 is 0 Å². The highest BCUT2D eigenvalue weighted by Crippen LogP contribution is 2.33. The Hall–Kier alpha value is -1.39. The fourth-order valence-corrected chi connectivity index (χ4v) is 2.69. The Labute approximate surface area is 113 Å². The van der Waals surface area contributed by atoms with Gasteiger partial charge in [-0.1, -0.05) is 19.1 Å². The van der Waals surface area contributed by atoms with Crippen LogP contribution in [0, 0.1) is 11.8 Å². The molecule has 4 atom stereocenters. The third-order valence-electron chi connectivity index (χ3n) is 3.92. The quantitative estimate of drug-likeness (QED) is 0.878. The van der Waals surface area contributed by atoms with Crippen molar-refractivity contribution in [3.8, 4) is 0 Å². The van der Waals surface area contributed by atoms with Crippen LogP contribution >= 0.6 is 0 Å². The topological polar surface area (TPSA) is 58.6 Å². The Morgan fingerprint density at radius 2 is 2.05 bits per heavy atom. The van der Waals surface area contributed by atoms with Gasteiger partial charge in [0.25, 0.3) is 0 Å². The van der Waals surface area contributed by atoms with E-state index in [4.69, 9.17) is 9.84 Å². The SMILES string of the molecule is CC1OC(C)C(C(=O)Nc2cccc(CO)c2)C1C. The summed E-state index contributed by atoms with van der Waals surface area (Å²) in [6.45, 7) is 5.96. The Bertz CT molecular complexity index is 460. The molecular weight excluding hydrogens is 242 g/mol. The number of anilines is 1. The van der Waals surface area contributed by atoms with E-state index in [-0.39, 0.29) is 36.6 Å². The van der Waals surface area contributed by atoms with Crippen LogP contribution in [0.1, 0.15) is 26.3 Å². The molecule has 0 radical (unpaired) electrons. The second-order valence-corrected chi connectivity index (χ2v) is 5.28. The minimum Gasteiger partial charge on any atom is -0.392 e. The van der Waals surface area contributed by atoms with Crippen LogP contribution in [0.4, 0.5) is 5.69 Å². The van der Waals surface area contributed by atoms with Gasteiger partial charge in [-0.2, -0.15) is 0 Å². The van der Waals surface area contributed by atoms with Crippen molar-refractivity contribution in [2.24, 2.45) is 11.8 Å². The van der Waals surface area contributed by atoms with Gasteiger partial charge in [-0.15, -0.1) is 0 Å². The van der Waals surface area contributed by atoms with Gasteiger partial charge < -0.3 is 15.2 Å². The van der Waals surface area contributed by atoms with Gasteiger partial charge in [0.15, 0.2) is 0 Å². The summed E-state index contributed by atoms with van der Waals surface area (Å²) in [7, 11) is 0. The highest BCUT2D eigenvalue weighted by atomic mass is 16.5. The van der Waals surface area contributed by atoms with Crippen LogP contribution in [0.15, 0.2) is 24.3 Å². The molecule has 0 bridgehead atoms. The molecule has 1 heterocycles. The minimum atomic E-state index is -0.132. The third-order valence-corrected chi connectivity index (χ3v) is 3.92. The molecule has 1 aliphatic rings. The van der Waals surface area contributed by atoms with Crippen molar-refractivity contribution in [1.29, 1.82) is 0 Å². The number of carbonyl (C=O) groups is 1. The van der Waals surface area contributed by atoms with E-state index in [1.165, 1.54) is 0 Å². The lowest BCUT2D eigenvalue weighted by atomic mass is 9.89. The molecule has 1 saturated heterocycles. The summed E-state index contributed by atoms with van der Waals surface area (Å²) in [4.78, 5) is 12.3. The van der Waals surface area contributed by atoms with Crippen molar-refractivity contribution in [1.82, 2.24) is 0 Å². The summed E-state index contributed by atoms with van der Waals surface area (Å²) in [6, 6.07) is 7.25. The zero-order valence-corrected chi connectivity index (χ0v) is 11.6. The number of amides is 1. The van der Waals surface area contributed by atoms with E-state index in [1.807, 2.05) is 39.0 Å². The van der Waals surface area contributed by atoms with Crippen LogP contribution in [0.3, 0.4) is 0 Å².